The van der Waals surface area contributed by atoms with E-state index in [1.807, 2.05) is 0 Å². The van der Waals surface area contributed by atoms with Crippen LogP contribution in [0.25, 0.3) is 16.6 Å². The lowest BCUT2D eigenvalue weighted by molar-refractivity contribution is 0.435. The summed E-state index contributed by atoms with van der Waals surface area (Å²) in [4.78, 5) is 19.2. The molecule has 2 N–H and O–H groups in total. The largest absolute Gasteiger partial charge is 0.494 e. The van der Waals surface area contributed by atoms with E-state index in [9.17, 15) is 18.3 Å². The lowest BCUT2D eigenvalue weighted by atomic mass is 10.1. The Morgan fingerprint density at radius 2 is 1.60 bits per heavy atom. The third kappa shape index (κ3) is 3.53. The van der Waals surface area contributed by atoms with Gasteiger partial charge in [-0.1, -0.05) is 42.5 Å². The molecule has 0 fully saturated rings. The molecule has 0 spiro atoms. The molecule has 0 aliphatic carbocycles. The fraction of sp³-hybridized carbons (Fsp3) is 0. The van der Waals surface area contributed by atoms with Gasteiger partial charge in [0.05, 0.1) is 16.7 Å². The Kier molecular flexibility index (Phi) is 5.03. The molecule has 2 aromatic carbocycles. The summed E-state index contributed by atoms with van der Waals surface area (Å²) in [6.07, 6.45) is 2.66. The van der Waals surface area contributed by atoms with Crippen molar-refractivity contribution < 1.29 is 13.5 Å². The smallest absolute Gasteiger partial charge is 0.276 e. The van der Waals surface area contributed by atoms with Crippen LogP contribution in [-0.2, 0) is 10.0 Å². The number of benzene rings is 2. The number of sulfonamides is 1. The van der Waals surface area contributed by atoms with Crippen LogP contribution in [0, 0.1) is 0 Å². The van der Waals surface area contributed by atoms with E-state index in [4.69, 9.17) is 0 Å². The maximum atomic E-state index is 12.9. The van der Waals surface area contributed by atoms with Crippen LogP contribution >= 0.6 is 0 Å². The number of fused-ring (bicyclic) bond motifs is 1. The second-order valence-electron chi connectivity index (χ2n) is 6.28. The first kappa shape index (κ1) is 19.3. The number of hydrogen-bond acceptors (Lipinski definition) is 6. The van der Waals surface area contributed by atoms with Crippen LogP contribution in [0.3, 0.4) is 0 Å². The molecule has 0 radical (unpaired) electrons. The van der Waals surface area contributed by atoms with E-state index in [-0.39, 0.29) is 16.3 Å². The molecule has 0 bridgehead atoms. The maximum absolute atomic E-state index is 12.9. The van der Waals surface area contributed by atoms with E-state index in [0.29, 0.717) is 10.8 Å². The lowest BCUT2D eigenvalue weighted by Gasteiger charge is -2.12. The average molecular weight is 420 g/mol. The Morgan fingerprint density at radius 1 is 0.933 bits per heavy atom. The van der Waals surface area contributed by atoms with E-state index in [0.717, 1.165) is 10.8 Å². The summed E-state index contributed by atoms with van der Waals surface area (Å²) >= 11 is 0. The van der Waals surface area contributed by atoms with Crippen LogP contribution in [0.1, 0.15) is 5.56 Å². The predicted octanol–water partition coefficient (Wildman–Crippen LogP) is 2.40. The summed E-state index contributed by atoms with van der Waals surface area (Å²) in [7, 11) is -3.88. The predicted molar refractivity (Wildman–Crippen MR) is 113 cm³/mol. The summed E-state index contributed by atoms with van der Waals surface area (Å²) < 4.78 is 25.8. The first-order valence-electron chi connectivity index (χ1n) is 8.87. The SMILES string of the molecule is O=c1c2ccccc2c(/C=N\NS(=O)(=O)c2ccccc2)c(O)n1-c1ccccn1. The minimum Gasteiger partial charge on any atom is -0.494 e. The quantitative estimate of drug-likeness (QED) is 0.380. The highest BCUT2D eigenvalue weighted by molar-refractivity contribution is 7.89. The van der Waals surface area contributed by atoms with Crippen molar-refractivity contribution in [3.63, 3.8) is 0 Å². The van der Waals surface area contributed by atoms with Gasteiger partial charge in [-0.05, 0) is 30.3 Å². The first-order valence-corrected chi connectivity index (χ1v) is 10.4. The Morgan fingerprint density at radius 3 is 2.30 bits per heavy atom. The van der Waals surface area contributed by atoms with Crippen molar-refractivity contribution in [3.05, 3.63) is 94.9 Å². The summed E-state index contributed by atoms with van der Waals surface area (Å²) in [6.45, 7) is 0. The number of aromatic nitrogens is 2. The lowest BCUT2D eigenvalue weighted by Crippen LogP contribution is -2.21. The fourth-order valence-corrected chi connectivity index (χ4v) is 3.81. The molecule has 0 amide bonds. The second kappa shape index (κ2) is 7.80. The zero-order valence-corrected chi connectivity index (χ0v) is 16.3. The highest BCUT2D eigenvalue weighted by Gasteiger charge is 2.17. The number of hydrogen-bond donors (Lipinski definition) is 2. The maximum Gasteiger partial charge on any atom is 0.276 e. The van der Waals surface area contributed by atoms with Gasteiger partial charge in [0.15, 0.2) is 0 Å². The summed E-state index contributed by atoms with van der Waals surface area (Å²) in [5.74, 6) is -0.176. The van der Waals surface area contributed by atoms with Crippen molar-refractivity contribution >= 4 is 27.0 Å². The first-order chi connectivity index (χ1) is 14.5. The number of pyridine rings is 2. The van der Waals surface area contributed by atoms with Crippen molar-refractivity contribution in [1.82, 2.24) is 14.4 Å². The third-order valence-corrected chi connectivity index (χ3v) is 5.64. The Labute approximate surface area is 171 Å². The van der Waals surface area contributed by atoms with Gasteiger partial charge in [0, 0.05) is 17.0 Å². The third-order valence-electron chi connectivity index (χ3n) is 4.40. The normalized spacial score (nSPS) is 11.7. The van der Waals surface area contributed by atoms with Crippen molar-refractivity contribution in [3.8, 4) is 11.7 Å². The topological polar surface area (TPSA) is 114 Å². The van der Waals surface area contributed by atoms with E-state index in [2.05, 4.69) is 14.9 Å². The molecular weight excluding hydrogens is 404 g/mol. The van der Waals surface area contributed by atoms with Crippen molar-refractivity contribution in [2.75, 3.05) is 0 Å². The monoisotopic (exact) mass is 420 g/mol. The molecule has 2 aromatic heterocycles. The van der Waals surface area contributed by atoms with Gasteiger partial charge in [-0.3, -0.25) is 4.79 Å². The van der Waals surface area contributed by atoms with Crippen LogP contribution in [0.4, 0.5) is 0 Å². The highest BCUT2D eigenvalue weighted by atomic mass is 32.2. The summed E-state index contributed by atoms with van der Waals surface area (Å²) in [5.41, 5.74) is -0.282. The van der Waals surface area contributed by atoms with Gasteiger partial charge < -0.3 is 5.11 Å². The van der Waals surface area contributed by atoms with Gasteiger partial charge in [-0.15, -0.1) is 0 Å². The molecule has 0 saturated heterocycles. The van der Waals surface area contributed by atoms with E-state index < -0.39 is 21.5 Å². The summed E-state index contributed by atoms with van der Waals surface area (Å²) in [5, 5.41) is 15.4. The molecule has 150 valence electrons. The molecule has 0 aliphatic heterocycles. The van der Waals surface area contributed by atoms with E-state index in [1.165, 1.54) is 18.3 Å². The zero-order chi connectivity index (χ0) is 21.1. The molecule has 0 atom stereocenters. The number of hydrazone groups is 1. The minimum atomic E-state index is -3.88. The molecule has 0 unspecified atom stereocenters. The molecule has 4 aromatic rings. The molecular formula is C21H16N4O4S. The van der Waals surface area contributed by atoms with Crippen LogP contribution in [-0.4, -0.2) is 29.3 Å². The van der Waals surface area contributed by atoms with E-state index in [1.54, 1.807) is 60.7 Å². The number of nitrogens with one attached hydrogen (secondary N) is 1. The Bertz CT molecular complexity index is 1400. The van der Waals surface area contributed by atoms with Gasteiger partial charge >= 0.3 is 0 Å². The molecule has 0 saturated carbocycles. The van der Waals surface area contributed by atoms with Gasteiger partial charge in [0.25, 0.3) is 15.6 Å². The fourth-order valence-electron chi connectivity index (χ4n) is 3.00. The standard InChI is InChI=1S/C21H16N4O4S/c26-20-17-11-5-4-10-16(17)18(21(27)25(20)19-12-6-7-13-22-19)14-23-24-30(28,29)15-8-2-1-3-9-15/h1-14,24,27H/b23-14-. The van der Waals surface area contributed by atoms with Crippen LogP contribution < -0.4 is 10.4 Å². The van der Waals surface area contributed by atoms with Crippen molar-refractivity contribution in [1.29, 1.82) is 0 Å². The molecule has 8 nitrogen and oxygen atoms in total. The van der Waals surface area contributed by atoms with Crippen molar-refractivity contribution in [2.24, 2.45) is 5.10 Å². The molecule has 9 heteroatoms. The molecule has 30 heavy (non-hydrogen) atoms. The van der Waals surface area contributed by atoms with Crippen molar-refractivity contribution in [2.45, 2.75) is 4.90 Å². The van der Waals surface area contributed by atoms with Gasteiger partial charge in [-0.2, -0.15) is 13.5 Å². The van der Waals surface area contributed by atoms with E-state index >= 15 is 0 Å². The van der Waals surface area contributed by atoms with Crippen LogP contribution in [0.5, 0.6) is 5.88 Å². The average Bonchev–Trinajstić information content (AvgIpc) is 2.77. The second-order valence-corrected chi connectivity index (χ2v) is 7.94. The number of nitrogens with zero attached hydrogens (tertiary/aromatic N) is 3. The van der Waals surface area contributed by atoms with Crippen LogP contribution in [0.15, 0.2) is 93.8 Å². The van der Waals surface area contributed by atoms with Gasteiger partial charge in [-0.25, -0.2) is 14.4 Å². The van der Waals surface area contributed by atoms with Gasteiger partial charge in [0.1, 0.15) is 5.82 Å². The Hall–Kier alpha value is -3.98. The highest BCUT2D eigenvalue weighted by Crippen LogP contribution is 2.25. The van der Waals surface area contributed by atoms with Gasteiger partial charge in [0.2, 0.25) is 5.88 Å². The molecule has 4 rings (SSSR count). The zero-order valence-electron chi connectivity index (χ0n) is 15.5. The minimum absolute atomic E-state index is 0.0506. The number of aromatic hydroxyl groups is 1. The van der Waals surface area contributed by atoms with Crippen LogP contribution in [0.2, 0.25) is 0 Å². The Balaban J connectivity index is 1.83. The molecule has 2 heterocycles. The summed E-state index contributed by atoms with van der Waals surface area (Å²) in [6, 6.07) is 19.4. The number of rotatable bonds is 5. The molecule has 0 aliphatic rings.